The topological polar surface area (TPSA) is 95.9 Å². The van der Waals surface area contributed by atoms with E-state index in [1.165, 1.54) is 10.4 Å². The highest BCUT2D eigenvalue weighted by molar-refractivity contribution is 7.89. The van der Waals surface area contributed by atoms with Gasteiger partial charge in [-0.3, -0.25) is 0 Å². The molecule has 0 amide bonds. The van der Waals surface area contributed by atoms with Crippen molar-refractivity contribution in [1.82, 2.24) is 14.3 Å². The van der Waals surface area contributed by atoms with E-state index < -0.39 is 15.6 Å². The van der Waals surface area contributed by atoms with Crippen molar-refractivity contribution in [3.63, 3.8) is 0 Å². The van der Waals surface area contributed by atoms with Crippen molar-refractivity contribution >= 4 is 16.0 Å². The Morgan fingerprint density at radius 1 is 1.15 bits per heavy atom. The number of ether oxygens (including phenoxy) is 1. The molecule has 1 aromatic heterocycles. The van der Waals surface area contributed by atoms with Crippen molar-refractivity contribution in [2.24, 2.45) is 5.92 Å². The number of benzene rings is 1. The number of para-hydroxylation sites is 1. The lowest BCUT2D eigenvalue weighted by Crippen LogP contribution is -2.51. The third kappa shape index (κ3) is 5.83. The van der Waals surface area contributed by atoms with Gasteiger partial charge in [0, 0.05) is 63.1 Å². The minimum atomic E-state index is -3.40. The molecule has 2 aromatic rings. The Kier molecular flexibility index (Phi) is 8.54. The van der Waals surface area contributed by atoms with Gasteiger partial charge in [-0.25, -0.2) is 22.8 Å². The first-order chi connectivity index (χ1) is 18.9. The van der Waals surface area contributed by atoms with Crippen LogP contribution in [0.15, 0.2) is 42.2 Å². The number of unbranched alkanes of at least 4 members (excludes halogenated alkanes) is 1. The summed E-state index contributed by atoms with van der Waals surface area (Å²) >= 11 is 0. The number of sulfonamides is 1. The number of fused-ring (bicyclic) bond motifs is 1. The van der Waals surface area contributed by atoms with Crippen LogP contribution in [0, 0.1) is 11.7 Å². The first-order valence-electron chi connectivity index (χ1n) is 14.2. The number of piperidine rings is 1. The number of aliphatic hydroxyl groups excluding tert-OH is 1. The van der Waals surface area contributed by atoms with Crippen molar-refractivity contribution < 1.29 is 22.7 Å². The summed E-state index contributed by atoms with van der Waals surface area (Å²) < 4.78 is 48.6. The summed E-state index contributed by atoms with van der Waals surface area (Å²) in [4.78, 5) is 11.4. The van der Waals surface area contributed by atoms with Crippen LogP contribution in [0.5, 0.6) is 5.75 Å². The first kappa shape index (κ1) is 28.0. The molecule has 10 heteroatoms. The highest BCUT2D eigenvalue weighted by Gasteiger charge is 2.51. The number of rotatable bonds is 10. The van der Waals surface area contributed by atoms with Gasteiger partial charge in [-0.2, -0.15) is 4.31 Å². The fourth-order valence-corrected chi connectivity index (χ4v) is 7.76. The number of halogens is 1. The van der Waals surface area contributed by atoms with Crippen molar-refractivity contribution in [2.75, 3.05) is 43.4 Å². The summed E-state index contributed by atoms with van der Waals surface area (Å²) in [6, 6.07) is 5.10. The molecule has 0 radical (unpaired) electrons. The molecule has 1 unspecified atom stereocenters. The van der Waals surface area contributed by atoms with Crippen molar-refractivity contribution in [1.29, 1.82) is 0 Å². The minimum Gasteiger partial charge on any atom is -0.479 e. The van der Waals surface area contributed by atoms with Crippen LogP contribution in [-0.4, -0.2) is 71.9 Å². The number of aryl methyl sites for hydroxylation is 1. The minimum absolute atomic E-state index is 0.00828. The second-order valence-corrected chi connectivity index (χ2v) is 13.0. The smallest absolute Gasteiger partial charge is 0.225 e. The maximum Gasteiger partial charge on any atom is 0.225 e. The summed E-state index contributed by atoms with van der Waals surface area (Å²) in [5.74, 6) is 0.906. The quantitative estimate of drug-likeness (QED) is 0.349. The van der Waals surface area contributed by atoms with Gasteiger partial charge in [0.05, 0.1) is 5.75 Å². The second kappa shape index (κ2) is 11.9. The van der Waals surface area contributed by atoms with Gasteiger partial charge >= 0.3 is 0 Å². The van der Waals surface area contributed by atoms with Gasteiger partial charge in [-0.15, -0.1) is 0 Å². The molecule has 1 saturated heterocycles. The fourth-order valence-electron chi connectivity index (χ4n) is 6.26. The monoisotopic (exact) mass is 558 g/mol. The van der Waals surface area contributed by atoms with E-state index in [-0.39, 0.29) is 30.6 Å². The molecule has 4 heterocycles. The molecule has 39 heavy (non-hydrogen) atoms. The van der Waals surface area contributed by atoms with Crippen LogP contribution < -0.4 is 9.64 Å². The summed E-state index contributed by atoms with van der Waals surface area (Å²) in [5, 5.41) is 9.02. The molecule has 0 bridgehead atoms. The molecule has 1 atom stereocenters. The van der Waals surface area contributed by atoms with Gasteiger partial charge in [-0.1, -0.05) is 31.6 Å². The normalized spacial score (nSPS) is 22.4. The fraction of sp³-hybridized carbons (Fsp3) is 0.586. The summed E-state index contributed by atoms with van der Waals surface area (Å²) in [7, 11) is -3.40. The maximum absolute atomic E-state index is 14.8. The molecule has 0 saturated carbocycles. The Labute approximate surface area is 231 Å². The largest absolute Gasteiger partial charge is 0.479 e. The van der Waals surface area contributed by atoms with Gasteiger partial charge in [0.15, 0.2) is 11.6 Å². The predicted molar refractivity (Wildman–Crippen MR) is 149 cm³/mol. The van der Waals surface area contributed by atoms with Crippen LogP contribution in [0.3, 0.4) is 0 Å². The van der Waals surface area contributed by atoms with E-state index in [9.17, 15) is 12.8 Å². The number of aliphatic hydroxyl groups is 1. The van der Waals surface area contributed by atoms with E-state index in [2.05, 4.69) is 21.8 Å². The first-order valence-corrected chi connectivity index (χ1v) is 15.8. The summed E-state index contributed by atoms with van der Waals surface area (Å²) in [5.41, 5.74) is 2.39. The van der Waals surface area contributed by atoms with Crippen LogP contribution in [-0.2, 0) is 22.9 Å². The molecule has 0 spiro atoms. The van der Waals surface area contributed by atoms with Gasteiger partial charge in [0.2, 0.25) is 16.0 Å². The molecule has 3 aliphatic heterocycles. The van der Waals surface area contributed by atoms with E-state index in [4.69, 9.17) is 9.84 Å². The van der Waals surface area contributed by atoms with E-state index >= 15 is 0 Å². The predicted octanol–water partition coefficient (Wildman–Crippen LogP) is 3.89. The van der Waals surface area contributed by atoms with Gasteiger partial charge < -0.3 is 14.7 Å². The Balaban J connectivity index is 1.34. The van der Waals surface area contributed by atoms with E-state index in [1.54, 1.807) is 6.07 Å². The molecule has 3 aliphatic rings. The Hall–Kier alpha value is -2.56. The van der Waals surface area contributed by atoms with E-state index in [1.807, 2.05) is 24.5 Å². The van der Waals surface area contributed by atoms with Crippen molar-refractivity contribution in [3.8, 4) is 5.75 Å². The highest BCUT2D eigenvalue weighted by Crippen LogP contribution is 2.49. The van der Waals surface area contributed by atoms with Crippen LogP contribution in [0.2, 0.25) is 0 Å². The lowest BCUT2D eigenvalue weighted by atomic mass is 9.72. The standard InChI is InChI=1S/C29H39FN4O4S/c1-2-6-22-20-31-28(32-21-22)33-13-9-24(10-14-33)29(19-23-7-5-8-26(30)27(23)38-29)25-11-15-34(16-12-25)39(36,37)18-4-3-17-35/h5,7-8,11,20-21,24,35H,2-4,6,9-10,12-19H2,1H3. The molecule has 0 aliphatic carbocycles. The molecule has 212 valence electrons. The van der Waals surface area contributed by atoms with Gasteiger partial charge in [0.1, 0.15) is 5.60 Å². The van der Waals surface area contributed by atoms with Gasteiger partial charge in [-0.05, 0) is 55.7 Å². The van der Waals surface area contributed by atoms with E-state index in [0.717, 1.165) is 61.4 Å². The zero-order chi connectivity index (χ0) is 27.5. The highest BCUT2D eigenvalue weighted by atomic mass is 32.2. The maximum atomic E-state index is 14.8. The molecule has 5 rings (SSSR count). The van der Waals surface area contributed by atoms with E-state index in [0.29, 0.717) is 38.0 Å². The summed E-state index contributed by atoms with van der Waals surface area (Å²) in [6.07, 6.45) is 11.6. The number of nitrogens with zero attached hydrogens (tertiary/aromatic N) is 4. The lowest BCUT2D eigenvalue weighted by molar-refractivity contribution is 0.0433. The third-order valence-corrected chi connectivity index (χ3v) is 10.3. The molecular formula is C29H39FN4O4S. The van der Waals surface area contributed by atoms with Crippen molar-refractivity contribution in [3.05, 3.63) is 59.2 Å². The number of hydrogen-bond acceptors (Lipinski definition) is 7. The number of hydrogen-bond donors (Lipinski definition) is 1. The van der Waals surface area contributed by atoms with Crippen LogP contribution in [0.25, 0.3) is 0 Å². The summed E-state index contributed by atoms with van der Waals surface area (Å²) in [6.45, 7) is 4.36. The lowest BCUT2D eigenvalue weighted by Gasteiger charge is -2.44. The molecule has 8 nitrogen and oxygen atoms in total. The van der Waals surface area contributed by atoms with Crippen LogP contribution >= 0.6 is 0 Å². The molecular weight excluding hydrogens is 519 g/mol. The molecule has 1 fully saturated rings. The SMILES string of the molecule is CCCc1cnc(N2CCC(C3(C4=CCN(S(=O)(=O)CCCCO)CC4)Cc4cccc(F)c4O3)CC2)nc1. The zero-order valence-corrected chi connectivity index (χ0v) is 23.5. The average Bonchev–Trinajstić information content (AvgIpc) is 3.36. The van der Waals surface area contributed by atoms with Gasteiger partial charge in [0.25, 0.3) is 0 Å². The average molecular weight is 559 g/mol. The second-order valence-electron chi connectivity index (χ2n) is 10.9. The third-order valence-electron chi connectivity index (χ3n) is 8.37. The van der Waals surface area contributed by atoms with Crippen LogP contribution in [0.1, 0.15) is 56.6 Å². The number of anilines is 1. The van der Waals surface area contributed by atoms with Crippen molar-refractivity contribution in [2.45, 2.75) is 63.9 Å². The molecule has 1 aromatic carbocycles. The Morgan fingerprint density at radius 3 is 2.56 bits per heavy atom. The molecule has 1 N–H and O–H groups in total. The Bertz CT molecular complexity index is 1280. The number of aromatic nitrogens is 2. The zero-order valence-electron chi connectivity index (χ0n) is 22.7. The Morgan fingerprint density at radius 2 is 1.92 bits per heavy atom. The van der Waals surface area contributed by atoms with Crippen LogP contribution in [0.4, 0.5) is 10.3 Å².